The zero-order chi connectivity index (χ0) is 16.1. The van der Waals surface area contributed by atoms with Gasteiger partial charge in [0.05, 0.1) is 7.11 Å². The van der Waals surface area contributed by atoms with Gasteiger partial charge in [-0.2, -0.15) is 0 Å². The number of nitrogens with one attached hydrogen (secondary N) is 1. The molecule has 1 N–H and O–H groups in total. The van der Waals surface area contributed by atoms with Gasteiger partial charge in [0.25, 0.3) is 0 Å². The van der Waals surface area contributed by atoms with E-state index in [4.69, 9.17) is 9.47 Å². The smallest absolute Gasteiger partial charge is 0.342 e. The van der Waals surface area contributed by atoms with Crippen LogP contribution >= 0.6 is 0 Å². The molecule has 0 aliphatic carbocycles. The molecule has 4 nitrogen and oxygen atoms in total. The Morgan fingerprint density at radius 1 is 1.09 bits per heavy atom. The zero-order valence-corrected chi connectivity index (χ0v) is 13.2. The summed E-state index contributed by atoms with van der Waals surface area (Å²) in [4.78, 5) is 12.5. The number of methoxy groups -OCH3 is 1. The molecule has 1 heterocycles. The number of piperidine rings is 1. The van der Waals surface area contributed by atoms with Crippen molar-refractivity contribution in [2.24, 2.45) is 0 Å². The molecule has 0 saturated carbocycles. The molecule has 1 saturated heterocycles. The summed E-state index contributed by atoms with van der Waals surface area (Å²) in [7, 11) is 1.56. The number of rotatable bonds is 4. The van der Waals surface area contributed by atoms with Crippen molar-refractivity contribution in [3.05, 3.63) is 65.7 Å². The van der Waals surface area contributed by atoms with Crippen LogP contribution in [-0.2, 0) is 4.74 Å². The van der Waals surface area contributed by atoms with Gasteiger partial charge in [0.1, 0.15) is 17.4 Å². The Morgan fingerprint density at radius 3 is 2.61 bits per heavy atom. The van der Waals surface area contributed by atoms with E-state index in [0.717, 1.165) is 13.0 Å². The Balaban J connectivity index is 1.78. The number of ether oxygens (including phenoxy) is 2. The minimum atomic E-state index is -0.336. The number of para-hydroxylation sites is 1. The van der Waals surface area contributed by atoms with Gasteiger partial charge in [-0.15, -0.1) is 0 Å². The van der Waals surface area contributed by atoms with E-state index in [0.29, 0.717) is 17.9 Å². The van der Waals surface area contributed by atoms with Gasteiger partial charge in [-0.1, -0.05) is 42.5 Å². The fourth-order valence-electron chi connectivity index (χ4n) is 3.05. The Bertz CT molecular complexity index is 657. The minimum Gasteiger partial charge on any atom is -0.496 e. The van der Waals surface area contributed by atoms with Crippen molar-refractivity contribution in [3.8, 4) is 5.75 Å². The van der Waals surface area contributed by atoms with Crippen LogP contribution in [-0.4, -0.2) is 32.3 Å². The first-order chi connectivity index (χ1) is 11.3. The summed E-state index contributed by atoms with van der Waals surface area (Å²) in [5.74, 6) is 0.422. The summed E-state index contributed by atoms with van der Waals surface area (Å²) < 4.78 is 11.1. The second-order valence-electron chi connectivity index (χ2n) is 5.65. The standard InChI is InChI=1S/C19H21NO3/c1-22-17-10-6-5-9-16(17)19(21)23-18-13-20-12-11-15(18)14-7-3-2-4-8-14/h2-10,15,18,20H,11-13H2,1H3/t15-,18+/m1/s1. The molecule has 2 aromatic carbocycles. The second-order valence-corrected chi connectivity index (χ2v) is 5.65. The SMILES string of the molecule is COc1ccccc1C(=O)O[C@H]1CNCC[C@@H]1c1ccccc1. The predicted molar refractivity (Wildman–Crippen MR) is 88.9 cm³/mol. The fraction of sp³-hybridized carbons (Fsp3) is 0.316. The van der Waals surface area contributed by atoms with Gasteiger partial charge in [-0.25, -0.2) is 4.79 Å². The van der Waals surface area contributed by atoms with Gasteiger partial charge in [0.15, 0.2) is 0 Å². The molecule has 23 heavy (non-hydrogen) atoms. The highest BCUT2D eigenvalue weighted by atomic mass is 16.5. The normalized spacial score (nSPS) is 20.7. The fourth-order valence-corrected chi connectivity index (χ4v) is 3.05. The molecule has 0 bridgehead atoms. The molecule has 0 spiro atoms. The van der Waals surface area contributed by atoms with E-state index in [-0.39, 0.29) is 18.0 Å². The van der Waals surface area contributed by atoms with Crippen molar-refractivity contribution >= 4 is 5.97 Å². The molecular weight excluding hydrogens is 290 g/mol. The molecule has 1 aliphatic heterocycles. The van der Waals surface area contributed by atoms with Crippen molar-refractivity contribution in [2.75, 3.05) is 20.2 Å². The highest BCUT2D eigenvalue weighted by molar-refractivity contribution is 5.92. The summed E-state index contributed by atoms with van der Waals surface area (Å²) in [5.41, 5.74) is 1.68. The van der Waals surface area contributed by atoms with Crippen LogP contribution in [0.3, 0.4) is 0 Å². The molecule has 2 aromatic rings. The predicted octanol–water partition coefficient (Wildman–Crippen LogP) is 3.00. The zero-order valence-electron chi connectivity index (χ0n) is 13.2. The van der Waals surface area contributed by atoms with Crippen molar-refractivity contribution < 1.29 is 14.3 Å². The number of hydrogen-bond donors (Lipinski definition) is 1. The molecule has 1 fully saturated rings. The van der Waals surface area contributed by atoms with Crippen LogP contribution in [0.25, 0.3) is 0 Å². The number of hydrogen-bond acceptors (Lipinski definition) is 4. The van der Waals surface area contributed by atoms with Crippen LogP contribution in [0.2, 0.25) is 0 Å². The van der Waals surface area contributed by atoms with Gasteiger partial charge in [-0.05, 0) is 30.7 Å². The summed E-state index contributed by atoms with van der Waals surface area (Å²) in [6.07, 6.45) is 0.775. The highest BCUT2D eigenvalue weighted by Crippen LogP contribution is 2.29. The first-order valence-electron chi connectivity index (χ1n) is 7.89. The van der Waals surface area contributed by atoms with E-state index in [1.807, 2.05) is 30.3 Å². The Labute approximate surface area is 136 Å². The maximum absolute atomic E-state index is 12.5. The molecular formula is C19H21NO3. The topological polar surface area (TPSA) is 47.6 Å². The molecule has 4 heteroatoms. The Hall–Kier alpha value is -2.33. The lowest BCUT2D eigenvalue weighted by Gasteiger charge is -2.32. The number of carbonyl (C=O) groups excluding carboxylic acids is 1. The van der Waals surface area contributed by atoms with Gasteiger partial charge in [0, 0.05) is 12.5 Å². The monoisotopic (exact) mass is 311 g/mol. The molecule has 1 aliphatic rings. The lowest BCUT2D eigenvalue weighted by Crippen LogP contribution is -2.42. The summed E-state index contributed by atoms with van der Waals surface area (Å²) in [6, 6.07) is 17.4. The Morgan fingerprint density at radius 2 is 1.83 bits per heavy atom. The molecule has 2 atom stereocenters. The molecule has 3 rings (SSSR count). The van der Waals surface area contributed by atoms with E-state index in [2.05, 4.69) is 17.4 Å². The molecule has 0 aromatic heterocycles. The maximum Gasteiger partial charge on any atom is 0.342 e. The quantitative estimate of drug-likeness (QED) is 0.882. The van der Waals surface area contributed by atoms with Crippen molar-refractivity contribution in [2.45, 2.75) is 18.4 Å². The largest absolute Gasteiger partial charge is 0.496 e. The van der Waals surface area contributed by atoms with E-state index in [1.54, 1.807) is 19.2 Å². The summed E-state index contributed by atoms with van der Waals surface area (Å²) in [5, 5.41) is 3.31. The lowest BCUT2D eigenvalue weighted by atomic mass is 9.88. The average molecular weight is 311 g/mol. The van der Waals surface area contributed by atoms with Crippen LogP contribution in [0.4, 0.5) is 0 Å². The Kier molecular flexibility index (Phi) is 4.93. The first kappa shape index (κ1) is 15.6. The maximum atomic E-state index is 12.5. The van der Waals surface area contributed by atoms with E-state index < -0.39 is 0 Å². The van der Waals surface area contributed by atoms with Crippen molar-refractivity contribution in [1.29, 1.82) is 0 Å². The molecule has 0 unspecified atom stereocenters. The van der Waals surface area contributed by atoms with E-state index >= 15 is 0 Å². The third kappa shape index (κ3) is 3.54. The van der Waals surface area contributed by atoms with Crippen molar-refractivity contribution in [1.82, 2.24) is 5.32 Å². The number of esters is 1. The van der Waals surface area contributed by atoms with Crippen LogP contribution < -0.4 is 10.1 Å². The van der Waals surface area contributed by atoms with Crippen LogP contribution in [0.1, 0.15) is 28.3 Å². The summed E-state index contributed by atoms with van der Waals surface area (Å²) in [6.45, 7) is 1.60. The van der Waals surface area contributed by atoms with Gasteiger partial charge in [0.2, 0.25) is 0 Å². The van der Waals surface area contributed by atoms with Gasteiger partial charge >= 0.3 is 5.97 Å². The molecule has 120 valence electrons. The molecule has 0 amide bonds. The highest BCUT2D eigenvalue weighted by Gasteiger charge is 2.30. The van der Waals surface area contributed by atoms with Crippen molar-refractivity contribution in [3.63, 3.8) is 0 Å². The van der Waals surface area contributed by atoms with Gasteiger partial charge < -0.3 is 14.8 Å². The van der Waals surface area contributed by atoms with Crippen LogP contribution in [0.5, 0.6) is 5.75 Å². The third-order valence-electron chi connectivity index (χ3n) is 4.24. The summed E-state index contributed by atoms with van der Waals surface area (Å²) >= 11 is 0. The minimum absolute atomic E-state index is 0.177. The van der Waals surface area contributed by atoms with E-state index in [1.165, 1.54) is 5.56 Å². The first-order valence-corrected chi connectivity index (χ1v) is 7.89. The van der Waals surface area contributed by atoms with E-state index in [9.17, 15) is 4.79 Å². The van der Waals surface area contributed by atoms with Gasteiger partial charge in [-0.3, -0.25) is 0 Å². The molecule has 0 radical (unpaired) electrons. The average Bonchev–Trinajstić information content (AvgIpc) is 2.63. The van der Waals surface area contributed by atoms with Crippen LogP contribution in [0.15, 0.2) is 54.6 Å². The second kappa shape index (κ2) is 7.29. The number of benzene rings is 2. The van der Waals surface area contributed by atoms with Crippen LogP contribution in [0, 0.1) is 0 Å². The number of carbonyl (C=O) groups is 1. The lowest BCUT2D eigenvalue weighted by molar-refractivity contribution is 0.0179. The third-order valence-corrected chi connectivity index (χ3v) is 4.24.